The lowest BCUT2D eigenvalue weighted by Crippen LogP contribution is -2.53. The first-order valence-corrected chi connectivity index (χ1v) is 6.17. The minimum atomic E-state index is -0.659. The molecule has 0 aromatic rings. The van der Waals surface area contributed by atoms with E-state index in [1.807, 2.05) is 4.08 Å². The highest BCUT2D eigenvalue weighted by molar-refractivity contribution is 14.1. The number of aliphatic hydroxyl groups is 1. The Hall–Kier alpha value is -0.0500. The summed E-state index contributed by atoms with van der Waals surface area (Å²) >= 11 is 2.22. The highest BCUT2D eigenvalue weighted by Crippen LogP contribution is 2.53. The lowest BCUT2D eigenvalue weighted by molar-refractivity contribution is -0.123. The topological polar surface area (TPSA) is 20.2 Å². The zero-order valence-electron chi connectivity index (χ0n) is 8.59. The highest BCUT2D eigenvalue weighted by atomic mass is 127. The molecule has 0 radical (unpaired) electrons. The Kier molecular flexibility index (Phi) is 3.99. The molecule has 0 saturated heterocycles. The molecule has 0 amide bonds. The molecule has 0 aliphatic heterocycles. The smallest absolute Gasteiger partial charge is 0.0954 e. The van der Waals surface area contributed by atoms with Gasteiger partial charge in [0, 0.05) is 5.41 Å². The fourth-order valence-corrected chi connectivity index (χ4v) is 2.39. The monoisotopic (exact) mass is 304 g/mol. The number of rotatable bonds is 4. The lowest BCUT2D eigenvalue weighted by Gasteiger charge is -2.52. The first-order chi connectivity index (χ1) is 6.58. The van der Waals surface area contributed by atoms with Crippen molar-refractivity contribution < 1.29 is 5.11 Å². The summed E-state index contributed by atoms with van der Waals surface area (Å²) < 4.78 is 2.03. The molecule has 2 heteroatoms. The van der Waals surface area contributed by atoms with Crippen LogP contribution in [-0.2, 0) is 0 Å². The van der Waals surface area contributed by atoms with E-state index < -0.39 is 5.60 Å². The van der Waals surface area contributed by atoms with Gasteiger partial charge in [0.1, 0.15) is 0 Å². The van der Waals surface area contributed by atoms with Gasteiger partial charge in [-0.05, 0) is 35.8 Å². The van der Waals surface area contributed by atoms with E-state index in [0.29, 0.717) is 0 Å². The summed E-state index contributed by atoms with van der Waals surface area (Å²) in [4.78, 5) is 0. The minimum absolute atomic E-state index is 0.0217. The van der Waals surface area contributed by atoms with Crippen molar-refractivity contribution >= 4 is 22.6 Å². The fourth-order valence-electron chi connectivity index (χ4n) is 2.03. The summed E-state index contributed by atoms with van der Waals surface area (Å²) in [5.74, 6) is 0. The van der Waals surface area contributed by atoms with Crippen molar-refractivity contribution in [3.8, 4) is 0 Å². The molecule has 2 atom stereocenters. The second-order valence-corrected chi connectivity index (χ2v) is 4.95. The van der Waals surface area contributed by atoms with Crippen molar-refractivity contribution in [1.82, 2.24) is 0 Å². The van der Waals surface area contributed by atoms with Crippen LogP contribution >= 0.6 is 22.6 Å². The van der Waals surface area contributed by atoms with Crippen LogP contribution in [0, 0.1) is 5.41 Å². The third-order valence-corrected chi connectivity index (χ3v) is 3.90. The van der Waals surface area contributed by atoms with E-state index in [-0.39, 0.29) is 5.41 Å². The molecule has 1 N–H and O–H groups in total. The van der Waals surface area contributed by atoms with E-state index in [1.54, 1.807) is 6.08 Å². The Morgan fingerprint density at radius 2 is 2.29 bits per heavy atom. The van der Waals surface area contributed by atoms with Gasteiger partial charge >= 0.3 is 0 Å². The van der Waals surface area contributed by atoms with Crippen LogP contribution in [0.15, 0.2) is 28.5 Å². The second kappa shape index (κ2) is 4.65. The Morgan fingerprint density at radius 3 is 2.71 bits per heavy atom. The number of hydrogen-bond donors (Lipinski definition) is 1. The minimum Gasteiger partial charge on any atom is -0.385 e. The molecule has 1 rings (SSSR count). The summed E-state index contributed by atoms with van der Waals surface area (Å²) in [6.45, 7) is 5.68. The van der Waals surface area contributed by atoms with Crippen LogP contribution in [0.3, 0.4) is 0 Å². The van der Waals surface area contributed by atoms with Gasteiger partial charge in [0.05, 0.1) is 5.60 Å². The zero-order valence-corrected chi connectivity index (χ0v) is 10.8. The van der Waals surface area contributed by atoms with Crippen molar-refractivity contribution in [3.63, 3.8) is 0 Å². The standard InChI is InChI=1S/C12H17IO/c1-3-6-12(14)9-8-11(12,2)7-4-5-10-13/h5-6,10,14H,1,4,7-9H2,2H3/b10-5-/t11-,12+/m1/s1. The molecule has 1 aliphatic rings. The Morgan fingerprint density at radius 1 is 1.57 bits per heavy atom. The van der Waals surface area contributed by atoms with E-state index in [0.717, 1.165) is 25.7 Å². The number of allylic oxidation sites excluding steroid dienone is 1. The van der Waals surface area contributed by atoms with E-state index >= 15 is 0 Å². The predicted octanol–water partition coefficient (Wildman–Crippen LogP) is 3.59. The largest absolute Gasteiger partial charge is 0.385 e. The number of halogens is 1. The van der Waals surface area contributed by atoms with Crippen LogP contribution in [0.25, 0.3) is 0 Å². The van der Waals surface area contributed by atoms with Gasteiger partial charge in [0.25, 0.3) is 0 Å². The highest BCUT2D eigenvalue weighted by Gasteiger charge is 2.52. The normalized spacial score (nSPS) is 36.5. The van der Waals surface area contributed by atoms with Crippen LogP contribution in [0.5, 0.6) is 0 Å². The SMILES string of the molecule is C=C=C[C@]1(O)CC[C@@]1(C)CC/C=C\I. The van der Waals surface area contributed by atoms with Crippen molar-refractivity contribution in [2.45, 2.75) is 38.2 Å². The third kappa shape index (κ3) is 2.13. The van der Waals surface area contributed by atoms with Crippen molar-refractivity contribution in [3.05, 3.63) is 28.5 Å². The third-order valence-electron chi connectivity index (χ3n) is 3.40. The van der Waals surface area contributed by atoms with Crippen molar-refractivity contribution in [1.29, 1.82) is 0 Å². The Bertz CT molecular complexity index is 278. The van der Waals surface area contributed by atoms with Crippen molar-refractivity contribution in [2.75, 3.05) is 0 Å². The molecule has 1 fully saturated rings. The molecule has 0 spiro atoms. The molecular weight excluding hydrogens is 287 g/mol. The van der Waals surface area contributed by atoms with Crippen LogP contribution in [0.1, 0.15) is 32.6 Å². The maximum atomic E-state index is 10.2. The van der Waals surface area contributed by atoms with E-state index in [9.17, 15) is 5.11 Å². The molecule has 1 aliphatic carbocycles. The second-order valence-electron chi connectivity index (χ2n) is 4.23. The summed E-state index contributed by atoms with van der Waals surface area (Å²) in [6.07, 6.45) is 7.87. The molecule has 1 nitrogen and oxygen atoms in total. The summed E-state index contributed by atoms with van der Waals surface area (Å²) in [6, 6.07) is 0. The molecule has 0 bridgehead atoms. The van der Waals surface area contributed by atoms with Crippen molar-refractivity contribution in [2.24, 2.45) is 5.41 Å². The predicted molar refractivity (Wildman–Crippen MR) is 68.4 cm³/mol. The summed E-state index contributed by atoms with van der Waals surface area (Å²) in [5.41, 5.74) is 2.07. The van der Waals surface area contributed by atoms with Crippen LogP contribution in [-0.4, -0.2) is 10.7 Å². The molecule has 0 heterocycles. The fraction of sp³-hybridized carbons (Fsp3) is 0.583. The van der Waals surface area contributed by atoms with Crippen LogP contribution in [0.2, 0.25) is 0 Å². The summed E-state index contributed by atoms with van der Waals surface area (Å²) in [5, 5.41) is 10.2. The van der Waals surface area contributed by atoms with Crippen LogP contribution < -0.4 is 0 Å². The number of hydrogen-bond acceptors (Lipinski definition) is 1. The molecule has 78 valence electrons. The Labute approximate surface area is 99.7 Å². The van der Waals surface area contributed by atoms with Gasteiger partial charge in [0.2, 0.25) is 0 Å². The van der Waals surface area contributed by atoms with Gasteiger partial charge in [-0.3, -0.25) is 0 Å². The van der Waals surface area contributed by atoms with Gasteiger partial charge in [-0.15, -0.1) is 5.73 Å². The average Bonchev–Trinajstić information content (AvgIpc) is 2.17. The van der Waals surface area contributed by atoms with E-state index in [4.69, 9.17) is 0 Å². The van der Waals surface area contributed by atoms with Gasteiger partial charge < -0.3 is 5.11 Å². The summed E-state index contributed by atoms with van der Waals surface area (Å²) in [7, 11) is 0. The van der Waals surface area contributed by atoms with Gasteiger partial charge in [-0.2, -0.15) is 0 Å². The molecule has 0 aromatic heterocycles. The lowest BCUT2D eigenvalue weighted by atomic mass is 9.56. The molecule has 0 aromatic carbocycles. The zero-order chi connectivity index (χ0) is 10.7. The maximum Gasteiger partial charge on any atom is 0.0954 e. The first-order valence-electron chi connectivity index (χ1n) is 4.92. The molecule has 14 heavy (non-hydrogen) atoms. The first kappa shape index (κ1) is 12.0. The Balaban J connectivity index is 2.61. The van der Waals surface area contributed by atoms with Gasteiger partial charge in [-0.1, -0.05) is 42.2 Å². The average molecular weight is 304 g/mol. The molecular formula is C12H17IO. The quantitative estimate of drug-likeness (QED) is 0.621. The maximum absolute atomic E-state index is 10.2. The van der Waals surface area contributed by atoms with Crippen LogP contribution in [0.4, 0.5) is 0 Å². The molecule has 1 saturated carbocycles. The van der Waals surface area contributed by atoms with E-state index in [2.05, 4.69) is 47.9 Å². The molecule has 0 unspecified atom stereocenters. The van der Waals surface area contributed by atoms with Gasteiger partial charge in [0.15, 0.2) is 0 Å². The van der Waals surface area contributed by atoms with E-state index in [1.165, 1.54) is 0 Å². The van der Waals surface area contributed by atoms with Gasteiger partial charge in [-0.25, -0.2) is 0 Å².